The summed E-state index contributed by atoms with van der Waals surface area (Å²) in [5.41, 5.74) is 2.16. The molecule has 0 spiro atoms. The van der Waals surface area contributed by atoms with Crippen molar-refractivity contribution in [3.05, 3.63) is 36.2 Å². The van der Waals surface area contributed by atoms with Gasteiger partial charge in [0.15, 0.2) is 5.16 Å². The van der Waals surface area contributed by atoms with Crippen LogP contribution >= 0.6 is 11.8 Å². The van der Waals surface area contributed by atoms with E-state index in [1.165, 1.54) is 17.3 Å². The maximum absolute atomic E-state index is 12.4. The molecule has 1 atom stereocenters. The average Bonchev–Trinajstić information content (AvgIpc) is 2.95. The lowest BCUT2D eigenvalue weighted by atomic mass is 9.87. The van der Waals surface area contributed by atoms with Gasteiger partial charge in [-0.15, -0.1) is 10.2 Å². The number of aromatic nitrogens is 3. The fraction of sp³-hybridized carbons (Fsp3) is 0.500. The van der Waals surface area contributed by atoms with Crippen LogP contribution in [0.5, 0.6) is 0 Å². The lowest BCUT2D eigenvalue weighted by Gasteiger charge is -2.19. The molecule has 130 valence electrons. The highest BCUT2D eigenvalue weighted by Gasteiger charge is 2.19. The number of nitrogens with zero attached hydrogens (tertiary/aromatic N) is 3. The van der Waals surface area contributed by atoms with Crippen LogP contribution in [0.25, 0.3) is 0 Å². The van der Waals surface area contributed by atoms with E-state index in [2.05, 4.69) is 62.3 Å². The summed E-state index contributed by atoms with van der Waals surface area (Å²) in [4.78, 5) is 12.4. The minimum atomic E-state index is -0.256. The van der Waals surface area contributed by atoms with E-state index in [0.717, 1.165) is 10.8 Å². The van der Waals surface area contributed by atoms with Gasteiger partial charge in [0.05, 0.1) is 5.25 Å². The number of anilines is 1. The molecule has 6 heteroatoms. The molecule has 0 radical (unpaired) electrons. The van der Waals surface area contributed by atoms with Gasteiger partial charge in [-0.1, -0.05) is 44.7 Å². The molecule has 2 aromatic rings. The summed E-state index contributed by atoms with van der Waals surface area (Å²) in [6.45, 7) is 12.5. The zero-order chi connectivity index (χ0) is 17.9. The summed E-state index contributed by atoms with van der Waals surface area (Å²) in [7, 11) is 0. The SMILES string of the molecule is CC(Sc1nncn1C(C)C)C(=O)Nc1ccc(C(C)(C)C)cc1. The first-order valence-corrected chi connectivity index (χ1v) is 9.04. The predicted octanol–water partition coefficient (Wildman–Crippen LogP) is 4.28. The molecule has 0 saturated heterocycles. The molecule has 0 fully saturated rings. The lowest BCUT2D eigenvalue weighted by molar-refractivity contribution is -0.115. The van der Waals surface area contributed by atoms with Crippen molar-refractivity contribution in [3.8, 4) is 0 Å². The number of hydrogen-bond donors (Lipinski definition) is 1. The number of thioether (sulfide) groups is 1. The summed E-state index contributed by atoms with van der Waals surface area (Å²) < 4.78 is 1.96. The van der Waals surface area contributed by atoms with E-state index in [9.17, 15) is 4.79 Å². The largest absolute Gasteiger partial charge is 0.325 e. The van der Waals surface area contributed by atoms with Gasteiger partial charge in [0.1, 0.15) is 6.33 Å². The second kappa shape index (κ2) is 7.38. The monoisotopic (exact) mass is 346 g/mol. The van der Waals surface area contributed by atoms with Crippen LogP contribution in [0.4, 0.5) is 5.69 Å². The van der Waals surface area contributed by atoms with Crippen molar-refractivity contribution < 1.29 is 4.79 Å². The third-order valence-corrected chi connectivity index (χ3v) is 4.84. The first kappa shape index (κ1) is 18.5. The molecule has 0 aliphatic carbocycles. The topological polar surface area (TPSA) is 59.8 Å². The van der Waals surface area contributed by atoms with Gasteiger partial charge < -0.3 is 9.88 Å². The number of benzene rings is 1. The van der Waals surface area contributed by atoms with E-state index in [0.29, 0.717) is 0 Å². The summed E-state index contributed by atoms with van der Waals surface area (Å²) in [6, 6.07) is 8.28. The molecule has 1 aromatic heterocycles. The molecule has 1 unspecified atom stereocenters. The van der Waals surface area contributed by atoms with Gasteiger partial charge in [0, 0.05) is 11.7 Å². The third-order valence-electron chi connectivity index (χ3n) is 3.77. The van der Waals surface area contributed by atoms with Gasteiger partial charge in [-0.2, -0.15) is 0 Å². The van der Waals surface area contributed by atoms with E-state index >= 15 is 0 Å². The van der Waals surface area contributed by atoms with Crippen LogP contribution < -0.4 is 5.32 Å². The molecule has 0 bridgehead atoms. The first-order valence-electron chi connectivity index (χ1n) is 8.16. The van der Waals surface area contributed by atoms with Crippen LogP contribution in [0.2, 0.25) is 0 Å². The Bertz CT molecular complexity index is 686. The molecular formula is C18H26N4OS. The third kappa shape index (κ3) is 4.60. The molecule has 24 heavy (non-hydrogen) atoms. The Hall–Kier alpha value is -1.82. The fourth-order valence-corrected chi connectivity index (χ4v) is 3.14. The van der Waals surface area contributed by atoms with Gasteiger partial charge in [-0.25, -0.2) is 0 Å². The van der Waals surface area contributed by atoms with Gasteiger partial charge in [0.25, 0.3) is 0 Å². The molecule has 0 aliphatic rings. The van der Waals surface area contributed by atoms with Crippen molar-refractivity contribution in [1.29, 1.82) is 0 Å². The van der Waals surface area contributed by atoms with E-state index in [-0.39, 0.29) is 22.6 Å². The highest BCUT2D eigenvalue weighted by atomic mass is 32.2. The second-order valence-corrected chi connectivity index (χ2v) is 8.50. The predicted molar refractivity (Wildman–Crippen MR) is 99.5 cm³/mol. The van der Waals surface area contributed by atoms with Gasteiger partial charge in [-0.3, -0.25) is 4.79 Å². The Kier molecular flexibility index (Phi) is 5.70. The van der Waals surface area contributed by atoms with E-state index in [1.807, 2.05) is 23.6 Å². The maximum Gasteiger partial charge on any atom is 0.237 e. The van der Waals surface area contributed by atoms with Crippen LogP contribution in [0.15, 0.2) is 35.7 Å². The summed E-state index contributed by atoms with van der Waals surface area (Å²) >= 11 is 1.42. The van der Waals surface area contributed by atoms with Crippen LogP contribution in [0.3, 0.4) is 0 Å². The number of carbonyl (C=O) groups is 1. The van der Waals surface area contributed by atoms with Gasteiger partial charge in [-0.05, 0) is 43.9 Å². The van der Waals surface area contributed by atoms with Crippen LogP contribution in [-0.4, -0.2) is 25.9 Å². The highest BCUT2D eigenvalue weighted by molar-refractivity contribution is 8.00. The quantitative estimate of drug-likeness (QED) is 0.821. The maximum atomic E-state index is 12.4. The Morgan fingerprint density at radius 2 is 1.79 bits per heavy atom. The average molecular weight is 347 g/mol. The fourth-order valence-electron chi connectivity index (χ4n) is 2.18. The molecule has 0 aliphatic heterocycles. The van der Waals surface area contributed by atoms with Crippen molar-refractivity contribution in [3.63, 3.8) is 0 Å². The van der Waals surface area contributed by atoms with E-state index in [4.69, 9.17) is 0 Å². The molecule has 1 aromatic carbocycles. The Balaban J connectivity index is 2.00. The van der Waals surface area contributed by atoms with Gasteiger partial charge in [0.2, 0.25) is 5.91 Å². The van der Waals surface area contributed by atoms with E-state index < -0.39 is 0 Å². The standard InChI is InChI=1S/C18H26N4OS/c1-12(2)22-11-19-21-17(22)24-13(3)16(23)20-15-9-7-14(8-10-15)18(4,5)6/h7-13H,1-6H3,(H,20,23). The van der Waals surface area contributed by atoms with E-state index in [1.54, 1.807) is 6.33 Å². The van der Waals surface area contributed by atoms with Crippen molar-refractivity contribution in [2.24, 2.45) is 0 Å². The van der Waals surface area contributed by atoms with Crippen LogP contribution in [0.1, 0.15) is 53.1 Å². The number of nitrogens with one attached hydrogen (secondary N) is 1. The molecule has 1 N–H and O–H groups in total. The first-order chi connectivity index (χ1) is 11.2. The minimum absolute atomic E-state index is 0.0400. The summed E-state index contributed by atoms with van der Waals surface area (Å²) in [5.74, 6) is -0.0400. The Labute approximate surface area is 148 Å². The van der Waals surface area contributed by atoms with Crippen molar-refractivity contribution >= 4 is 23.4 Å². The number of carbonyl (C=O) groups excluding carboxylic acids is 1. The number of rotatable bonds is 5. The smallest absolute Gasteiger partial charge is 0.237 e. The molecule has 0 saturated carbocycles. The van der Waals surface area contributed by atoms with Crippen molar-refractivity contribution in [2.45, 2.75) is 63.4 Å². The molecule has 5 nitrogen and oxygen atoms in total. The molecule has 1 amide bonds. The summed E-state index contributed by atoms with van der Waals surface area (Å²) in [6.07, 6.45) is 1.70. The second-order valence-electron chi connectivity index (χ2n) is 7.19. The normalized spacial score (nSPS) is 13.1. The summed E-state index contributed by atoms with van der Waals surface area (Å²) in [5, 5.41) is 11.5. The number of amides is 1. The molecular weight excluding hydrogens is 320 g/mol. The highest BCUT2D eigenvalue weighted by Crippen LogP contribution is 2.26. The number of hydrogen-bond acceptors (Lipinski definition) is 4. The Morgan fingerprint density at radius 3 is 2.33 bits per heavy atom. The van der Waals surface area contributed by atoms with Crippen LogP contribution in [-0.2, 0) is 10.2 Å². The van der Waals surface area contributed by atoms with Crippen molar-refractivity contribution in [2.75, 3.05) is 5.32 Å². The molecule has 2 rings (SSSR count). The molecule has 1 heterocycles. The lowest BCUT2D eigenvalue weighted by Crippen LogP contribution is -2.23. The Morgan fingerprint density at radius 1 is 1.17 bits per heavy atom. The zero-order valence-electron chi connectivity index (χ0n) is 15.2. The van der Waals surface area contributed by atoms with Crippen LogP contribution in [0, 0.1) is 0 Å². The minimum Gasteiger partial charge on any atom is -0.325 e. The zero-order valence-corrected chi connectivity index (χ0v) is 16.0. The van der Waals surface area contributed by atoms with Gasteiger partial charge >= 0.3 is 0 Å². The van der Waals surface area contributed by atoms with Crippen molar-refractivity contribution in [1.82, 2.24) is 14.8 Å².